The first-order chi connectivity index (χ1) is 14.6. The van der Waals surface area contributed by atoms with Gasteiger partial charge >= 0.3 is 11.9 Å². The van der Waals surface area contributed by atoms with Crippen molar-refractivity contribution in [3.8, 4) is 23.1 Å². The maximum atomic E-state index is 13.1. The molecule has 2 aromatic heterocycles. The van der Waals surface area contributed by atoms with Crippen molar-refractivity contribution in [2.24, 2.45) is 7.05 Å². The van der Waals surface area contributed by atoms with Gasteiger partial charge in [0.25, 0.3) is 11.4 Å². The molecule has 164 valence electrons. The maximum Gasteiger partial charge on any atom is 0.431 e. The Kier molecular flexibility index (Phi) is 6.40. The van der Waals surface area contributed by atoms with Crippen LogP contribution in [0.5, 0.6) is 17.4 Å². The first-order valence-electron chi connectivity index (χ1n) is 9.09. The number of benzene rings is 1. The molecule has 0 saturated heterocycles. The van der Waals surface area contributed by atoms with Crippen molar-refractivity contribution in [2.75, 3.05) is 6.61 Å². The Morgan fingerprint density at radius 1 is 1.13 bits per heavy atom. The Bertz CT molecular complexity index is 1220. The summed E-state index contributed by atoms with van der Waals surface area (Å²) in [5.41, 5.74) is -3.67. The molecule has 3 aromatic rings. The monoisotopic (exact) mass is 455 g/mol. The molecule has 11 heteroatoms. The quantitative estimate of drug-likeness (QED) is 0.557. The predicted molar refractivity (Wildman–Crippen MR) is 107 cm³/mol. The van der Waals surface area contributed by atoms with E-state index in [0.717, 1.165) is 13.5 Å². The van der Waals surface area contributed by atoms with Crippen molar-refractivity contribution in [1.29, 1.82) is 0 Å². The van der Waals surface area contributed by atoms with Crippen LogP contribution in [0.15, 0.2) is 52.2 Å². The summed E-state index contributed by atoms with van der Waals surface area (Å²) < 4.78 is 51.4. The zero-order chi connectivity index (χ0) is 22.8. The van der Waals surface area contributed by atoms with E-state index in [1.807, 2.05) is 6.92 Å². The van der Waals surface area contributed by atoms with E-state index in [9.17, 15) is 22.8 Å². The van der Waals surface area contributed by atoms with Gasteiger partial charge in [-0.25, -0.2) is 14.3 Å². The summed E-state index contributed by atoms with van der Waals surface area (Å²) >= 11 is 6.18. The summed E-state index contributed by atoms with van der Waals surface area (Å²) in [6.07, 6.45) is -2.59. The fraction of sp³-hybridized carbons (Fsp3) is 0.250. The van der Waals surface area contributed by atoms with Crippen molar-refractivity contribution < 1.29 is 22.6 Å². The fourth-order valence-corrected chi connectivity index (χ4v) is 2.88. The molecule has 0 unspecified atom stereocenters. The minimum Gasteiger partial charge on any atom is -0.475 e. The number of hydrogen-bond donors (Lipinski definition) is 0. The smallest absolute Gasteiger partial charge is 0.431 e. The fourth-order valence-electron chi connectivity index (χ4n) is 2.72. The van der Waals surface area contributed by atoms with Gasteiger partial charge in [-0.1, -0.05) is 18.5 Å². The number of pyridine rings is 1. The zero-order valence-corrected chi connectivity index (χ0v) is 17.2. The standard InChI is InChI=1S/C20H17ClF3N3O4/c1-3-9-30-18-14(5-4-8-25-18)31-15-10-12(6-7-13(15)21)27-17(28)11-16(20(22,23)24)26(2)19(27)29/h4-8,10-11H,3,9H2,1-2H3. The van der Waals surface area contributed by atoms with Gasteiger partial charge in [-0.2, -0.15) is 13.2 Å². The van der Waals surface area contributed by atoms with Gasteiger partial charge in [-0.3, -0.25) is 9.36 Å². The van der Waals surface area contributed by atoms with Crippen molar-refractivity contribution in [3.05, 3.63) is 74.1 Å². The van der Waals surface area contributed by atoms with Crippen molar-refractivity contribution in [2.45, 2.75) is 19.5 Å². The predicted octanol–water partition coefficient (Wildman–Crippen LogP) is 4.18. The number of ether oxygens (including phenoxy) is 2. The molecular weight excluding hydrogens is 439 g/mol. The molecule has 31 heavy (non-hydrogen) atoms. The zero-order valence-electron chi connectivity index (χ0n) is 16.4. The van der Waals surface area contributed by atoms with E-state index in [0.29, 0.717) is 21.8 Å². The highest BCUT2D eigenvalue weighted by molar-refractivity contribution is 6.32. The second-order valence-electron chi connectivity index (χ2n) is 6.41. The van der Waals surface area contributed by atoms with Crippen molar-refractivity contribution >= 4 is 11.6 Å². The number of aromatic nitrogens is 3. The molecule has 1 aromatic carbocycles. The first kappa shape index (κ1) is 22.4. The van der Waals surface area contributed by atoms with E-state index in [4.69, 9.17) is 21.1 Å². The van der Waals surface area contributed by atoms with E-state index in [1.165, 1.54) is 24.4 Å². The van der Waals surface area contributed by atoms with Crippen LogP contribution in [-0.4, -0.2) is 20.7 Å². The molecule has 0 fully saturated rings. The number of halogens is 4. The van der Waals surface area contributed by atoms with Crippen LogP contribution in [0.1, 0.15) is 19.0 Å². The number of nitrogens with zero attached hydrogens (tertiary/aromatic N) is 3. The molecule has 0 aliphatic rings. The third kappa shape index (κ3) is 4.74. The molecule has 0 atom stereocenters. The second kappa shape index (κ2) is 8.84. The van der Waals surface area contributed by atoms with Crippen LogP contribution in [-0.2, 0) is 13.2 Å². The number of alkyl halides is 3. The Morgan fingerprint density at radius 2 is 1.87 bits per heavy atom. The topological polar surface area (TPSA) is 75.3 Å². The van der Waals surface area contributed by atoms with Gasteiger partial charge in [-0.15, -0.1) is 0 Å². The summed E-state index contributed by atoms with van der Waals surface area (Å²) in [5.74, 6) is 0.512. The first-order valence-corrected chi connectivity index (χ1v) is 9.47. The molecule has 0 amide bonds. The lowest BCUT2D eigenvalue weighted by molar-refractivity contribution is -0.144. The van der Waals surface area contributed by atoms with E-state index in [1.54, 1.807) is 12.1 Å². The highest BCUT2D eigenvalue weighted by Gasteiger charge is 2.35. The lowest BCUT2D eigenvalue weighted by Crippen LogP contribution is -2.40. The molecule has 0 radical (unpaired) electrons. The lowest BCUT2D eigenvalue weighted by Gasteiger charge is -2.15. The average molecular weight is 456 g/mol. The minimum absolute atomic E-state index is 0.0151. The Balaban J connectivity index is 2.07. The van der Waals surface area contributed by atoms with Gasteiger partial charge in [0.2, 0.25) is 0 Å². The molecule has 3 rings (SSSR count). The maximum absolute atomic E-state index is 13.1. The summed E-state index contributed by atoms with van der Waals surface area (Å²) in [6.45, 7) is 2.32. The van der Waals surface area contributed by atoms with Crippen LogP contribution in [0.3, 0.4) is 0 Å². The normalized spacial score (nSPS) is 11.4. The minimum atomic E-state index is -4.85. The van der Waals surface area contributed by atoms with E-state index >= 15 is 0 Å². The van der Waals surface area contributed by atoms with Crippen LogP contribution in [0, 0.1) is 0 Å². The third-order valence-electron chi connectivity index (χ3n) is 4.18. The Labute approximate surface area is 179 Å². The molecule has 0 spiro atoms. The molecule has 7 nitrogen and oxygen atoms in total. The number of rotatable bonds is 6. The Morgan fingerprint density at radius 3 is 2.55 bits per heavy atom. The van der Waals surface area contributed by atoms with E-state index in [-0.39, 0.29) is 28.1 Å². The largest absolute Gasteiger partial charge is 0.475 e. The van der Waals surface area contributed by atoms with E-state index < -0.39 is 23.1 Å². The summed E-state index contributed by atoms with van der Waals surface area (Å²) in [7, 11) is 0.932. The van der Waals surface area contributed by atoms with Gasteiger partial charge < -0.3 is 9.47 Å². The van der Waals surface area contributed by atoms with E-state index in [2.05, 4.69) is 4.98 Å². The van der Waals surface area contributed by atoms with Crippen LogP contribution >= 0.6 is 11.6 Å². The molecular formula is C20H17ClF3N3O4. The van der Waals surface area contributed by atoms with Crippen molar-refractivity contribution in [1.82, 2.24) is 14.1 Å². The second-order valence-corrected chi connectivity index (χ2v) is 6.82. The molecule has 0 aliphatic heterocycles. The van der Waals surface area contributed by atoms with Crippen LogP contribution in [0.2, 0.25) is 5.02 Å². The van der Waals surface area contributed by atoms with Gasteiger partial charge in [0.15, 0.2) is 5.75 Å². The Hall–Kier alpha value is -3.27. The highest BCUT2D eigenvalue weighted by atomic mass is 35.5. The van der Waals surface area contributed by atoms with Crippen LogP contribution in [0.4, 0.5) is 13.2 Å². The lowest BCUT2D eigenvalue weighted by atomic mass is 10.2. The summed E-state index contributed by atoms with van der Waals surface area (Å²) in [4.78, 5) is 28.9. The average Bonchev–Trinajstić information content (AvgIpc) is 2.71. The summed E-state index contributed by atoms with van der Waals surface area (Å²) in [5, 5.41) is 0.144. The SMILES string of the molecule is CCCOc1ncccc1Oc1cc(-n2c(=O)cc(C(F)(F)F)n(C)c2=O)ccc1Cl. The van der Waals surface area contributed by atoms with Crippen LogP contribution < -0.4 is 20.7 Å². The summed E-state index contributed by atoms with van der Waals surface area (Å²) in [6, 6.07) is 7.51. The van der Waals surface area contributed by atoms with Crippen LogP contribution in [0.25, 0.3) is 5.69 Å². The van der Waals surface area contributed by atoms with Gasteiger partial charge in [0.05, 0.1) is 17.3 Å². The van der Waals surface area contributed by atoms with Gasteiger partial charge in [-0.05, 0) is 30.7 Å². The molecule has 0 bridgehead atoms. The molecule has 0 aliphatic carbocycles. The van der Waals surface area contributed by atoms with Crippen molar-refractivity contribution in [3.63, 3.8) is 0 Å². The number of hydrogen-bond acceptors (Lipinski definition) is 5. The molecule has 0 saturated carbocycles. The molecule has 0 N–H and O–H groups in total. The van der Waals surface area contributed by atoms with Gasteiger partial charge in [0.1, 0.15) is 11.4 Å². The molecule has 2 heterocycles. The highest BCUT2D eigenvalue weighted by Crippen LogP contribution is 2.35. The van der Waals surface area contributed by atoms with Gasteiger partial charge in [0, 0.05) is 25.4 Å². The third-order valence-corrected chi connectivity index (χ3v) is 4.49.